The lowest BCUT2D eigenvalue weighted by Gasteiger charge is -2.23. The molecule has 0 aliphatic heterocycles. The van der Waals surface area contributed by atoms with Crippen LogP contribution in [0.25, 0.3) is 11.3 Å². The number of nitrogens with zero attached hydrogens (tertiary/aromatic N) is 2. The molecule has 0 saturated heterocycles. The van der Waals surface area contributed by atoms with Crippen molar-refractivity contribution in [2.45, 2.75) is 26.2 Å². The molecule has 0 amide bonds. The minimum atomic E-state index is -0.0449. The number of pyridine rings is 1. The van der Waals surface area contributed by atoms with Crippen LogP contribution in [0.4, 0.5) is 0 Å². The highest BCUT2D eigenvalue weighted by molar-refractivity contribution is 5.96. The van der Waals surface area contributed by atoms with Crippen LogP contribution in [0.15, 0.2) is 48.8 Å². The van der Waals surface area contributed by atoms with E-state index in [1.165, 1.54) is 0 Å². The molecule has 1 aromatic carbocycles. The summed E-state index contributed by atoms with van der Waals surface area (Å²) in [4.78, 5) is 4.06. The van der Waals surface area contributed by atoms with E-state index in [2.05, 4.69) is 37.9 Å². The minimum absolute atomic E-state index is 0.0449. The van der Waals surface area contributed by atoms with Crippen LogP contribution in [0.5, 0.6) is 0 Å². The Bertz CT molecular complexity index is 701. The first-order valence-electron chi connectivity index (χ1n) is 6.85. The van der Waals surface area contributed by atoms with Gasteiger partial charge in [0.25, 0.3) is 0 Å². The smallest absolute Gasteiger partial charge is 0.102 e. The Hall–Kier alpha value is -2.60. The van der Waals surface area contributed by atoms with E-state index in [0.29, 0.717) is 11.3 Å². The molecule has 0 fully saturated rings. The lowest BCUT2D eigenvalue weighted by atomic mass is 9.82. The van der Waals surface area contributed by atoms with Crippen LogP contribution in [0.2, 0.25) is 0 Å². The molecule has 0 saturated carbocycles. The number of benzene rings is 1. The maximum atomic E-state index is 9.49. The van der Waals surface area contributed by atoms with Gasteiger partial charge in [-0.3, -0.25) is 4.98 Å². The second-order valence-electron chi connectivity index (χ2n) is 5.94. The molecule has 2 N–H and O–H groups in total. The maximum absolute atomic E-state index is 9.49. The summed E-state index contributed by atoms with van der Waals surface area (Å²) in [7, 11) is 0. The molecule has 0 unspecified atom stereocenters. The van der Waals surface area contributed by atoms with Crippen LogP contribution in [-0.4, -0.2) is 4.98 Å². The van der Waals surface area contributed by atoms with E-state index in [1.54, 1.807) is 18.5 Å². The number of allylic oxidation sites excluding steroid dienone is 1. The fraction of sp³-hybridized carbons (Fsp3) is 0.222. The Morgan fingerprint density at radius 2 is 1.86 bits per heavy atom. The predicted molar refractivity (Wildman–Crippen MR) is 86.0 cm³/mol. The third kappa shape index (κ3) is 3.11. The van der Waals surface area contributed by atoms with Crippen molar-refractivity contribution in [3.63, 3.8) is 0 Å². The van der Waals surface area contributed by atoms with E-state index in [1.807, 2.05) is 24.3 Å². The van der Waals surface area contributed by atoms with Gasteiger partial charge in [0.1, 0.15) is 6.07 Å². The largest absolute Gasteiger partial charge is 0.397 e. The summed E-state index contributed by atoms with van der Waals surface area (Å²) in [6.07, 6.45) is 3.34. The van der Waals surface area contributed by atoms with Gasteiger partial charge in [0.15, 0.2) is 0 Å². The molecular formula is C18H19N3. The number of hydrogen-bond acceptors (Lipinski definition) is 3. The van der Waals surface area contributed by atoms with Crippen LogP contribution in [-0.2, 0) is 5.41 Å². The molecule has 0 aliphatic rings. The summed E-state index contributed by atoms with van der Waals surface area (Å²) in [5, 5.41) is 9.49. The average Bonchev–Trinajstić information content (AvgIpc) is 2.48. The number of rotatable bonds is 2. The van der Waals surface area contributed by atoms with Crippen LogP contribution in [0.1, 0.15) is 37.5 Å². The molecular weight excluding hydrogens is 258 g/mol. The van der Waals surface area contributed by atoms with Gasteiger partial charge in [-0.05, 0) is 17.0 Å². The molecule has 3 nitrogen and oxygen atoms in total. The fourth-order valence-electron chi connectivity index (χ4n) is 2.30. The molecule has 2 aromatic rings. The van der Waals surface area contributed by atoms with Crippen molar-refractivity contribution in [2.24, 2.45) is 5.73 Å². The van der Waals surface area contributed by atoms with Gasteiger partial charge >= 0.3 is 0 Å². The van der Waals surface area contributed by atoms with Crippen LogP contribution >= 0.6 is 0 Å². The van der Waals surface area contributed by atoms with Crippen molar-refractivity contribution in [3.05, 3.63) is 65.5 Å². The molecule has 1 heterocycles. The SMILES string of the molecule is CC(C)(C)c1ccccc1/C(N)=C(/C#N)c1cccnc1. The number of hydrogen-bond donors (Lipinski definition) is 1. The van der Waals surface area contributed by atoms with Crippen molar-refractivity contribution >= 4 is 11.3 Å². The molecule has 0 spiro atoms. The first-order valence-corrected chi connectivity index (χ1v) is 6.85. The molecule has 0 atom stereocenters. The van der Waals surface area contributed by atoms with E-state index in [4.69, 9.17) is 5.73 Å². The van der Waals surface area contributed by atoms with Gasteiger partial charge in [-0.15, -0.1) is 0 Å². The Morgan fingerprint density at radius 3 is 2.43 bits per heavy atom. The maximum Gasteiger partial charge on any atom is 0.102 e. The standard InChI is InChI=1S/C18H19N3/c1-18(2,3)16-9-5-4-8-14(16)17(20)15(11-19)13-7-6-10-21-12-13/h4-10,12H,20H2,1-3H3/b17-15+. The highest BCUT2D eigenvalue weighted by atomic mass is 14.6. The van der Waals surface area contributed by atoms with E-state index in [0.717, 1.165) is 16.7 Å². The topological polar surface area (TPSA) is 62.7 Å². The first kappa shape index (κ1) is 14.8. The average molecular weight is 277 g/mol. The second kappa shape index (κ2) is 5.80. The summed E-state index contributed by atoms with van der Waals surface area (Å²) in [5.41, 5.74) is 9.99. The van der Waals surface area contributed by atoms with Crippen LogP contribution < -0.4 is 5.73 Å². The summed E-state index contributed by atoms with van der Waals surface area (Å²) in [6, 6.07) is 13.8. The van der Waals surface area contributed by atoms with E-state index < -0.39 is 0 Å². The van der Waals surface area contributed by atoms with Gasteiger partial charge in [0.2, 0.25) is 0 Å². The van der Waals surface area contributed by atoms with Crippen molar-refractivity contribution in [1.82, 2.24) is 4.98 Å². The molecule has 1 aromatic heterocycles. The molecule has 0 bridgehead atoms. The molecule has 0 aliphatic carbocycles. The van der Waals surface area contributed by atoms with Crippen molar-refractivity contribution in [2.75, 3.05) is 0 Å². The van der Waals surface area contributed by atoms with Gasteiger partial charge in [-0.1, -0.05) is 51.1 Å². The Labute approximate surface area is 125 Å². The van der Waals surface area contributed by atoms with Gasteiger partial charge in [-0.25, -0.2) is 0 Å². The normalized spacial score (nSPS) is 12.5. The molecule has 2 rings (SSSR count). The third-order valence-corrected chi connectivity index (χ3v) is 3.36. The zero-order valence-corrected chi connectivity index (χ0v) is 12.6. The van der Waals surface area contributed by atoms with Gasteiger partial charge in [0, 0.05) is 23.5 Å². The Kier molecular flexibility index (Phi) is 4.09. The highest BCUT2D eigenvalue weighted by Crippen LogP contribution is 2.31. The third-order valence-electron chi connectivity index (χ3n) is 3.36. The summed E-state index contributed by atoms with van der Waals surface area (Å²) < 4.78 is 0. The van der Waals surface area contributed by atoms with E-state index in [9.17, 15) is 5.26 Å². The summed E-state index contributed by atoms with van der Waals surface area (Å²) in [5.74, 6) is 0. The quantitative estimate of drug-likeness (QED) is 0.851. The van der Waals surface area contributed by atoms with E-state index in [-0.39, 0.29) is 5.41 Å². The lowest BCUT2D eigenvalue weighted by molar-refractivity contribution is 0.588. The number of nitriles is 1. The number of aromatic nitrogens is 1. The highest BCUT2D eigenvalue weighted by Gasteiger charge is 2.20. The van der Waals surface area contributed by atoms with Crippen LogP contribution in [0.3, 0.4) is 0 Å². The Balaban J connectivity index is 2.66. The molecule has 106 valence electrons. The summed E-state index contributed by atoms with van der Waals surface area (Å²) >= 11 is 0. The zero-order chi connectivity index (χ0) is 15.5. The first-order chi connectivity index (χ1) is 9.95. The van der Waals surface area contributed by atoms with Crippen molar-refractivity contribution in [3.8, 4) is 6.07 Å². The monoisotopic (exact) mass is 277 g/mol. The van der Waals surface area contributed by atoms with Gasteiger partial charge in [-0.2, -0.15) is 5.26 Å². The van der Waals surface area contributed by atoms with E-state index >= 15 is 0 Å². The van der Waals surface area contributed by atoms with Gasteiger partial charge in [0.05, 0.1) is 11.3 Å². The van der Waals surface area contributed by atoms with Gasteiger partial charge < -0.3 is 5.73 Å². The molecule has 3 heteroatoms. The second-order valence-corrected chi connectivity index (χ2v) is 5.94. The predicted octanol–water partition coefficient (Wildman–Crippen LogP) is 3.73. The molecule has 0 radical (unpaired) electrons. The molecule has 21 heavy (non-hydrogen) atoms. The minimum Gasteiger partial charge on any atom is -0.397 e. The summed E-state index contributed by atoms with van der Waals surface area (Å²) in [6.45, 7) is 6.40. The fourth-order valence-corrected chi connectivity index (χ4v) is 2.30. The van der Waals surface area contributed by atoms with Crippen LogP contribution in [0, 0.1) is 11.3 Å². The zero-order valence-electron chi connectivity index (χ0n) is 12.6. The lowest BCUT2D eigenvalue weighted by Crippen LogP contribution is -2.16. The van der Waals surface area contributed by atoms with Crippen molar-refractivity contribution in [1.29, 1.82) is 5.26 Å². The Morgan fingerprint density at radius 1 is 1.14 bits per heavy atom. The number of nitrogens with two attached hydrogens (primary N) is 1. The van der Waals surface area contributed by atoms with Crippen molar-refractivity contribution < 1.29 is 0 Å².